The molecule has 1 aliphatic heterocycles. The molecular weight excluding hydrogens is 394 g/mol. The van der Waals surface area contributed by atoms with E-state index >= 15 is 0 Å². The Morgan fingerprint density at radius 1 is 1.06 bits per heavy atom. The first-order chi connectivity index (χ1) is 15.0. The van der Waals surface area contributed by atoms with Crippen molar-refractivity contribution in [3.05, 3.63) is 71.0 Å². The first-order valence-electron chi connectivity index (χ1n) is 10.6. The molecule has 0 bridgehead atoms. The van der Waals surface area contributed by atoms with E-state index in [9.17, 15) is 14.7 Å². The van der Waals surface area contributed by atoms with Crippen LogP contribution in [0.1, 0.15) is 43.4 Å². The maximum absolute atomic E-state index is 13.3. The third kappa shape index (κ3) is 4.58. The van der Waals surface area contributed by atoms with E-state index in [0.29, 0.717) is 30.0 Å². The lowest BCUT2D eigenvalue weighted by Crippen LogP contribution is -2.32. The van der Waals surface area contributed by atoms with Gasteiger partial charge in [0, 0.05) is 18.5 Å². The summed E-state index contributed by atoms with van der Waals surface area (Å²) >= 11 is 0. The van der Waals surface area contributed by atoms with Gasteiger partial charge in [-0.05, 0) is 24.5 Å². The summed E-state index contributed by atoms with van der Waals surface area (Å²) in [5.74, 6) is -0.281. The Morgan fingerprint density at radius 2 is 1.81 bits per heavy atom. The van der Waals surface area contributed by atoms with Crippen LogP contribution in [0, 0.1) is 0 Å². The average Bonchev–Trinajstić information content (AvgIpc) is 3.05. The van der Waals surface area contributed by atoms with E-state index in [0.717, 1.165) is 18.4 Å². The molecule has 0 spiro atoms. The number of nitrogens with zero attached hydrogens (tertiary/aromatic N) is 1. The highest BCUT2D eigenvalue weighted by Crippen LogP contribution is 2.45. The maximum atomic E-state index is 13.3. The number of aliphatic hydroxyl groups is 1. The van der Waals surface area contributed by atoms with E-state index < -0.39 is 17.7 Å². The Kier molecular flexibility index (Phi) is 7.34. The Bertz CT molecular complexity index is 967. The molecule has 0 fully saturated rings. The molecule has 2 aromatic carbocycles. The van der Waals surface area contributed by atoms with E-state index in [1.54, 1.807) is 23.1 Å². The fourth-order valence-electron chi connectivity index (χ4n) is 3.99. The molecule has 1 heterocycles. The predicted octanol–water partition coefficient (Wildman–Crippen LogP) is 4.40. The minimum absolute atomic E-state index is 0.128. The molecule has 1 amide bonds. The minimum Gasteiger partial charge on any atom is -0.503 e. The van der Waals surface area contributed by atoms with E-state index in [1.165, 1.54) is 14.2 Å². The van der Waals surface area contributed by atoms with Crippen molar-refractivity contribution in [2.75, 3.05) is 20.8 Å². The summed E-state index contributed by atoms with van der Waals surface area (Å²) in [6, 6.07) is 14.3. The predicted molar refractivity (Wildman–Crippen MR) is 118 cm³/mol. The van der Waals surface area contributed by atoms with Crippen LogP contribution in [0.2, 0.25) is 0 Å². The summed E-state index contributed by atoms with van der Waals surface area (Å²) < 4.78 is 11.0. The zero-order valence-electron chi connectivity index (χ0n) is 18.3. The number of methoxy groups -OCH3 is 2. The van der Waals surface area contributed by atoms with E-state index in [-0.39, 0.29) is 17.8 Å². The number of rotatable bonds is 10. The monoisotopic (exact) mass is 423 g/mol. The number of hydrogen-bond donors (Lipinski definition) is 1. The smallest absolute Gasteiger partial charge is 0.290 e. The number of aliphatic hydroxyl groups excluding tert-OH is 1. The van der Waals surface area contributed by atoms with Gasteiger partial charge in [-0.15, -0.1) is 0 Å². The summed E-state index contributed by atoms with van der Waals surface area (Å²) in [7, 11) is 3.06. The van der Waals surface area contributed by atoms with Crippen LogP contribution in [0.5, 0.6) is 11.5 Å². The highest BCUT2D eigenvalue weighted by molar-refractivity contribution is 6.09. The molecule has 2 aromatic rings. The van der Waals surface area contributed by atoms with Crippen molar-refractivity contribution in [3.8, 4) is 11.5 Å². The molecule has 164 valence electrons. The molecule has 0 aliphatic carbocycles. The molecule has 3 rings (SSSR count). The van der Waals surface area contributed by atoms with Crippen LogP contribution in [0.15, 0.2) is 59.9 Å². The summed E-state index contributed by atoms with van der Waals surface area (Å²) in [4.78, 5) is 27.8. The van der Waals surface area contributed by atoms with Crippen LogP contribution < -0.4 is 9.47 Å². The van der Waals surface area contributed by atoms with Crippen LogP contribution in [-0.4, -0.2) is 42.5 Å². The molecule has 6 heteroatoms. The Labute approximate surface area is 183 Å². The van der Waals surface area contributed by atoms with E-state index in [2.05, 4.69) is 0 Å². The van der Waals surface area contributed by atoms with Gasteiger partial charge in [0.05, 0.1) is 25.8 Å². The number of ether oxygens (including phenoxy) is 2. The first-order valence-corrected chi connectivity index (χ1v) is 10.6. The van der Waals surface area contributed by atoms with Gasteiger partial charge in [0.2, 0.25) is 0 Å². The van der Waals surface area contributed by atoms with Crippen LogP contribution in [0.4, 0.5) is 0 Å². The molecule has 1 unspecified atom stereocenters. The van der Waals surface area contributed by atoms with Crippen LogP contribution in [-0.2, 0) is 16.0 Å². The lowest BCUT2D eigenvalue weighted by atomic mass is 9.92. The number of hydrogen-bond acceptors (Lipinski definition) is 5. The van der Waals surface area contributed by atoms with Gasteiger partial charge in [0.15, 0.2) is 23.0 Å². The number of benzene rings is 2. The summed E-state index contributed by atoms with van der Waals surface area (Å²) in [6.07, 6.45) is 2.36. The van der Waals surface area contributed by atoms with Gasteiger partial charge >= 0.3 is 0 Å². The second-order valence-corrected chi connectivity index (χ2v) is 7.51. The molecule has 1 N–H and O–H groups in total. The number of Topliss-reactive ketones (excluding diaryl/α,β-unsaturated/α-hetero) is 1. The second-order valence-electron chi connectivity index (χ2n) is 7.51. The number of amides is 1. The van der Waals surface area contributed by atoms with Crippen molar-refractivity contribution < 1.29 is 24.2 Å². The van der Waals surface area contributed by atoms with Crippen molar-refractivity contribution in [1.29, 1.82) is 0 Å². The number of aryl methyl sites for hydroxylation is 1. The van der Waals surface area contributed by atoms with Gasteiger partial charge in [-0.2, -0.15) is 0 Å². The fraction of sp³-hybridized carbons (Fsp3) is 0.360. The van der Waals surface area contributed by atoms with Gasteiger partial charge in [-0.3, -0.25) is 9.59 Å². The van der Waals surface area contributed by atoms with E-state index in [4.69, 9.17) is 9.47 Å². The number of unbranched alkanes of at least 4 members (excludes halogenated alkanes) is 1. The van der Waals surface area contributed by atoms with Crippen molar-refractivity contribution in [1.82, 2.24) is 4.90 Å². The van der Waals surface area contributed by atoms with Gasteiger partial charge in [0.25, 0.3) is 5.91 Å². The summed E-state index contributed by atoms with van der Waals surface area (Å²) in [6.45, 7) is 2.46. The molecule has 0 radical (unpaired) electrons. The highest BCUT2D eigenvalue weighted by Gasteiger charge is 2.44. The number of para-hydroxylation sites is 1. The highest BCUT2D eigenvalue weighted by atomic mass is 16.5. The molecule has 0 saturated heterocycles. The molecule has 1 atom stereocenters. The van der Waals surface area contributed by atoms with Gasteiger partial charge in [0.1, 0.15) is 0 Å². The van der Waals surface area contributed by atoms with Crippen molar-refractivity contribution in [3.63, 3.8) is 0 Å². The maximum Gasteiger partial charge on any atom is 0.290 e. The molecular formula is C25H29NO5. The lowest BCUT2D eigenvalue weighted by Gasteiger charge is -2.28. The van der Waals surface area contributed by atoms with Gasteiger partial charge in [-0.25, -0.2) is 0 Å². The van der Waals surface area contributed by atoms with Crippen LogP contribution in [0.3, 0.4) is 0 Å². The quantitative estimate of drug-likeness (QED) is 0.613. The standard InChI is InChI=1S/C25H29NO5/c1-4-5-16-26-22(18-12-9-13-20(30-2)24(18)31-3)21(23(28)25(26)29)19(27)15-14-17-10-7-6-8-11-17/h6-13,22,28H,4-5,14-16H2,1-3H3. The third-order valence-corrected chi connectivity index (χ3v) is 5.57. The van der Waals surface area contributed by atoms with Crippen molar-refractivity contribution in [2.24, 2.45) is 0 Å². The van der Waals surface area contributed by atoms with Gasteiger partial charge in [-0.1, -0.05) is 55.8 Å². The zero-order chi connectivity index (χ0) is 22.4. The topological polar surface area (TPSA) is 76.1 Å². The minimum atomic E-state index is -0.715. The summed E-state index contributed by atoms with van der Waals surface area (Å²) in [5.41, 5.74) is 1.78. The van der Waals surface area contributed by atoms with Crippen LogP contribution in [0.25, 0.3) is 0 Å². The molecule has 6 nitrogen and oxygen atoms in total. The molecule has 0 aromatic heterocycles. The number of carbonyl (C=O) groups excluding carboxylic acids is 2. The summed E-state index contributed by atoms with van der Waals surface area (Å²) in [5, 5.41) is 10.7. The third-order valence-electron chi connectivity index (χ3n) is 5.57. The average molecular weight is 424 g/mol. The Morgan fingerprint density at radius 3 is 2.45 bits per heavy atom. The Balaban J connectivity index is 2.00. The molecule has 31 heavy (non-hydrogen) atoms. The van der Waals surface area contributed by atoms with Crippen molar-refractivity contribution in [2.45, 2.75) is 38.6 Å². The van der Waals surface area contributed by atoms with E-state index in [1.807, 2.05) is 37.3 Å². The van der Waals surface area contributed by atoms with Crippen LogP contribution >= 0.6 is 0 Å². The van der Waals surface area contributed by atoms with Gasteiger partial charge < -0.3 is 19.5 Å². The normalized spacial score (nSPS) is 16.0. The second kappa shape index (κ2) is 10.2. The lowest BCUT2D eigenvalue weighted by molar-refractivity contribution is -0.129. The number of carbonyl (C=O) groups is 2. The Hall–Kier alpha value is -3.28. The first kappa shape index (κ1) is 22.4. The molecule has 1 aliphatic rings. The largest absolute Gasteiger partial charge is 0.503 e. The van der Waals surface area contributed by atoms with Crippen molar-refractivity contribution >= 4 is 11.7 Å². The zero-order valence-corrected chi connectivity index (χ0v) is 18.3. The fourth-order valence-corrected chi connectivity index (χ4v) is 3.99. The SMILES string of the molecule is CCCCN1C(=O)C(O)=C(C(=O)CCc2ccccc2)C1c1cccc(OC)c1OC. The molecule has 0 saturated carbocycles. The number of ketones is 1.